The number of nitrogens with zero attached hydrogens (tertiary/aromatic N) is 1. The maximum absolute atomic E-state index is 11.2. The molecular formula is C16H11ClN2O3. The summed E-state index contributed by atoms with van der Waals surface area (Å²) in [6.07, 6.45) is 0. The minimum absolute atomic E-state index is 0.0132. The highest BCUT2D eigenvalue weighted by molar-refractivity contribution is 6.30. The number of amides is 1. The van der Waals surface area contributed by atoms with Crippen molar-refractivity contribution in [1.29, 1.82) is 0 Å². The Balaban J connectivity index is 1.86. The van der Waals surface area contributed by atoms with Crippen LogP contribution in [-0.4, -0.2) is 16.3 Å². The van der Waals surface area contributed by atoms with Gasteiger partial charge in [-0.3, -0.25) is 10.0 Å². The van der Waals surface area contributed by atoms with E-state index < -0.39 is 5.91 Å². The summed E-state index contributed by atoms with van der Waals surface area (Å²) in [6, 6.07) is 16.6. The van der Waals surface area contributed by atoms with Crippen molar-refractivity contribution in [1.82, 2.24) is 10.6 Å². The molecule has 0 aliphatic carbocycles. The zero-order valence-electron chi connectivity index (χ0n) is 11.3. The number of benzene rings is 2. The summed E-state index contributed by atoms with van der Waals surface area (Å²) in [5.74, 6) is -0.269. The van der Waals surface area contributed by atoms with Crippen LogP contribution in [0.5, 0.6) is 0 Å². The molecular weight excluding hydrogens is 304 g/mol. The van der Waals surface area contributed by atoms with Gasteiger partial charge in [0.25, 0.3) is 5.91 Å². The molecule has 0 bridgehead atoms. The molecule has 0 aliphatic rings. The summed E-state index contributed by atoms with van der Waals surface area (Å²) in [5, 5.41) is 12.8. The lowest BCUT2D eigenvalue weighted by Gasteiger charge is -2.02. The first-order valence-electron chi connectivity index (χ1n) is 6.45. The third-order valence-corrected chi connectivity index (χ3v) is 3.44. The summed E-state index contributed by atoms with van der Waals surface area (Å²) in [4.78, 5) is 11.2. The van der Waals surface area contributed by atoms with Gasteiger partial charge in [-0.1, -0.05) is 53.2 Å². The van der Waals surface area contributed by atoms with Crippen molar-refractivity contribution in [2.75, 3.05) is 0 Å². The summed E-state index contributed by atoms with van der Waals surface area (Å²) >= 11 is 5.87. The van der Waals surface area contributed by atoms with Crippen LogP contribution in [0.25, 0.3) is 22.5 Å². The van der Waals surface area contributed by atoms with E-state index in [1.165, 1.54) is 11.5 Å². The van der Waals surface area contributed by atoms with E-state index in [1.807, 2.05) is 48.5 Å². The number of aromatic nitrogens is 1. The standard InChI is InChI=1S/C16H11ClN2O3/c17-13-7-5-11(6-8-13)10-1-3-12(4-2-10)15-9-14(19-22-15)16(20)18-21/h1-9,21H,(H,18,20). The van der Waals surface area contributed by atoms with Crippen molar-refractivity contribution >= 4 is 17.5 Å². The van der Waals surface area contributed by atoms with Crippen LogP contribution in [-0.2, 0) is 0 Å². The van der Waals surface area contributed by atoms with Crippen molar-refractivity contribution in [3.05, 3.63) is 65.3 Å². The first-order chi connectivity index (χ1) is 10.7. The van der Waals surface area contributed by atoms with Crippen LogP contribution in [0.15, 0.2) is 59.1 Å². The van der Waals surface area contributed by atoms with Crippen LogP contribution >= 0.6 is 11.6 Å². The highest BCUT2D eigenvalue weighted by Crippen LogP contribution is 2.26. The van der Waals surface area contributed by atoms with Crippen LogP contribution in [0.2, 0.25) is 5.02 Å². The van der Waals surface area contributed by atoms with Gasteiger partial charge >= 0.3 is 0 Å². The SMILES string of the molecule is O=C(NO)c1cc(-c2ccc(-c3ccc(Cl)cc3)cc2)on1. The normalized spacial score (nSPS) is 10.5. The van der Waals surface area contributed by atoms with Crippen LogP contribution in [0.1, 0.15) is 10.5 Å². The number of rotatable bonds is 3. The van der Waals surface area contributed by atoms with Gasteiger partial charge in [0.05, 0.1) is 0 Å². The van der Waals surface area contributed by atoms with E-state index in [4.69, 9.17) is 21.3 Å². The lowest BCUT2D eigenvalue weighted by Crippen LogP contribution is -2.18. The largest absolute Gasteiger partial charge is 0.355 e. The molecule has 0 saturated heterocycles. The van der Waals surface area contributed by atoms with Gasteiger partial charge in [-0.15, -0.1) is 0 Å². The van der Waals surface area contributed by atoms with E-state index in [0.29, 0.717) is 10.8 Å². The fourth-order valence-corrected chi connectivity index (χ4v) is 2.17. The van der Waals surface area contributed by atoms with Gasteiger partial charge in [-0.25, -0.2) is 5.48 Å². The molecule has 6 heteroatoms. The van der Waals surface area contributed by atoms with E-state index in [2.05, 4.69) is 5.16 Å². The van der Waals surface area contributed by atoms with Crippen molar-refractivity contribution in [2.24, 2.45) is 0 Å². The predicted octanol–water partition coefficient (Wildman–Crippen LogP) is 3.78. The third-order valence-electron chi connectivity index (χ3n) is 3.19. The fraction of sp³-hybridized carbons (Fsp3) is 0. The first-order valence-corrected chi connectivity index (χ1v) is 6.83. The average Bonchev–Trinajstić information content (AvgIpc) is 3.05. The molecule has 1 aromatic heterocycles. The molecule has 0 spiro atoms. The third kappa shape index (κ3) is 2.86. The number of hydroxylamine groups is 1. The topological polar surface area (TPSA) is 75.4 Å². The van der Waals surface area contributed by atoms with Gasteiger partial charge in [-0.2, -0.15) is 0 Å². The van der Waals surface area contributed by atoms with Gasteiger partial charge in [-0.05, 0) is 23.3 Å². The summed E-state index contributed by atoms with van der Waals surface area (Å²) in [5.41, 5.74) is 4.39. The van der Waals surface area contributed by atoms with Crippen LogP contribution in [0.3, 0.4) is 0 Å². The van der Waals surface area contributed by atoms with Gasteiger partial charge in [0.1, 0.15) is 0 Å². The molecule has 1 heterocycles. The number of nitrogens with one attached hydrogen (secondary N) is 1. The number of halogens is 1. The Morgan fingerprint density at radius 3 is 2.14 bits per heavy atom. The quantitative estimate of drug-likeness (QED) is 0.570. The summed E-state index contributed by atoms with van der Waals surface area (Å²) < 4.78 is 5.10. The van der Waals surface area contributed by atoms with Gasteiger partial charge in [0, 0.05) is 16.7 Å². The van der Waals surface area contributed by atoms with Gasteiger partial charge in [0.15, 0.2) is 11.5 Å². The molecule has 0 saturated carbocycles. The van der Waals surface area contributed by atoms with Crippen molar-refractivity contribution in [3.63, 3.8) is 0 Å². The molecule has 22 heavy (non-hydrogen) atoms. The molecule has 0 unspecified atom stereocenters. The smallest absolute Gasteiger partial charge is 0.296 e. The molecule has 2 aromatic carbocycles. The molecule has 110 valence electrons. The molecule has 5 nitrogen and oxygen atoms in total. The molecule has 2 N–H and O–H groups in total. The molecule has 3 aromatic rings. The zero-order chi connectivity index (χ0) is 15.5. The Morgan fingerprint density at radius 2 is 1.55 bits per heavy atom. The molecule has 0 aliphatic heterocycles. The Hall–Kier alpha value is -2.63. The molecule has 0 fully saturated rings. The number of carbonyl (C=O) groups is 1. The average molecular weight is 315 g/mol. The molecule has 0 atom stereocenters. The number of hydrogen-bond donors (Lipinski definition) is 2. The first kappa shape index (κ1) is 14.3. The molecule has 3 rings (SSSR count). The Labute approximate surface area is 131 Å². The van der Waals surface area contributed by atoms with E-state index >= 15 is 0 Å². The van der Waals surface area contributed by atoms with E-state index in [0.717, 1.165) is 16.7 Å². The highest BCUT2D eigenvalue weighted by atomic mass is 35.5. The monoisotopic (exact) mass is 314 g/mol. The van der Waals surface area contributed by atoms with Gasteiger partial charge in [0.2, 0.25) is 0 Å². The maximum Gasteiger partial charge on any atom is 0.296 e. The number of carbonyl (C=O) groups excluding carboxylic acids is 1. The highest BCUT2D eigenvalue weighted by Gasteiger charge is 2.12. The summed E-state index contributed by atoms with van der Waals surface area (Å²) in [7, 11) is 0. The van der Waals surface area contributed by atoms with E-state index in [9.17, 15) is 4.79 Å². The Bertz CT molecular complexity index is 795. The van der Waals surface area contributed by atoms with E-state index in [1.54, 1.807) is 0 Å². The lowest BCUT2D eigenvalue weighted by molar-refractivity contribution is 0.0696. The molecule has 0 radical (unpaired) electrons. The minimum Gasteiger partial charge on any atom is -0.355 e. The van der Waals surface area contributed by atoms with Crippen molar-refractivity contribution < 1.29 is 14.5 Å². The Kier molecular flexibility index (Phi) is 3.91. The van der Waals surface area contributed by atoms with Crippen LogP contribution in [0, 0.1) is 0 Å². The fourth-order valence-electron chi connectivity index (χ4n) is 2.04. The zero-order valence-corrected chi connectivity index (χ0v) is 12.0. The Morgan fingerprint density at radius 1 is 1.00 bits per heavy atom. The second kappa shape index (κ2) is 6.01. The van der Waals surface area contributed by atoms with Crippen molar-refractivity contribution in [3.8, 4) is 22.5 Å². The summed E-state index contributed by atoms with van der Waals surface area (Å²) in [6.45, 7) is 0. The molecule has 1 amide bonds. The lowest BCUT2D eigenvalue weighted by atomic mass is 10.0. The van der Waals surface area contributed by atoms with Crippen molar-refractivity contribution in [2.45, 2.75) is 0 Å². The maximum atomic E-state index is 11.2. The second-order valence-corrected chi connectivity index (χ2v) is 5.04. The van der Waals surface area contributed by atoms with Crippen LogP contribution in [0.4, 0.5) is 0 Å². The van der Waals surface area contributed by atoms with Crippen LogP contribution < -0.4 is 5.48 Å². The van der Waals surface area contributed by atoms with Gasteiger partial charge < -0.3 is 4.52 Å². The van der Waals surface area contributed by atoms with E-state index in [-0.39, 0.29) is 5.69 Å². The predicted molar refractivity (Wildman–Crippen MR) is 81.6 cm³/mol. The minimum atomic E-state index is -0.715. The second-order valence-electron chi connectivity index (χ2n) is 4.60. The number of hydrogen-bond acceptors (Lipinski definition) is 4.